The van der Waals surface area contributed by atoms with Crippen LogP contribution in [0.4, 0.5) is 0 Å². The van der Waals surface area contributed by atoms with Crippen molar-refractivity contribution in [1.82, 2.24) is 5.32 Å². The summed E-state index contributed by atoms with van der Waals surface area (Å²) in [7, 11) is 0. The van der Waals surface area contributed by atoms with Gasteiger partial charge >= 0.3 is 5.97 Å². The Kier molecular flexibility index (Phi) is 8.54. The summed E-state index contributed by atoms with van der Waals surface area (Å²) in [6, 6.07) is 5.36. The van der Waals surface area contributed by atoms with Gasteiger partial charge in [0.25, 0.3) is 5.91 Å². The molecule has 7 heteroatoms. The van der Waals surface area contributed by atoms with Gasteiger partial charge in [-0.15, -0.1) is 0 Å². The van der Waals surface area contributed by atoms with Gasteiger partial charge in [0.05, 0.1) is 6.10 Å². The van der Waals surface area contributed by atoms with Gasteiger partial charge in [0.15, 0.2) is 0 Å². The van der Waals surface area contributed by atoms with E-state index >= 15 is 0 Å². The van der Waals surface area contributed by atoms with Gasteiger partial charge in [0.2, 0.25) is 0 Å². The van der Waals surface area contributed by atoms with Crippen LogP contribution in [0.3, 0.4) is 0 Å². The molecule has 0 aliphatic rings. The topological polar surface area (TPSA) is 122 Å². The highest BCUT2D eigenvalue weighted by Crippen LogP contribution is 2.15. The second-order valence-corrected chi connectivity index (χ2v) is 7.15. The molecule has 3 atom stereocenters. The minimum atomic E-state index is -1.49. The lowest BCUT2D eigenvalue weighted by Crippen LogP contribution is -2.52. The van der Waals surface area contributed by atoms with Crippen molar-refractivity contribution in [3.05, 3.63) is 29.8 Å². The summed E-state index contributed by atoms with van der Waals surface area (Å²) < 4.78 is 5.56. The first-order valence-corrected chi connectivity index (χ1v) is 8.82. The number of nitrogens with one attached hydrogen (secondary N) is 1. The highest BCUT2D eigenvalue weighted by molar-refractivity contribution is 5.86. The second kappa shape index (κ2) is 10.1. The standard InChI is InChI=1S/C19H30N2O5/c1-11(2)9-16(19(24)25)21-18(23)17(22)15(20)10-13-5-7-14(8-6-13)26-12(3)4/h5-8,11-12,15-17,22H,9-10,20H2,1-4H3,(H,21,23)(H,24,25)/t15?,16-,17?/m0/s1. The Morgan fingerprint density at radius 2 is 1.73 bits per heavy atom. The molecule has 1 amide bonds. The SMILES string of the molecule is CC(C)C[C@H](NC(=O)C(O)C(N)Cc1ccc(OC(C)C)cc1)C(=O)O. The third kappa shape index (κ3) is 7.41. The molecular formula is C19H30N2O5. The first-order valence-electron chi connectivity index (χ1n) is 8.82. The highest BCUT2D eigenvalue weighted by atomic mass is 16.5. The van der Waals surface area contributed by atoms with Crippen molar-refractivity contribution in [2.24, 2.45) is 11.7 Å². The van der Waals surface area contributed by atoms with Gasteiger partial charge in [-0.1, -0.05) is 26.0 Å². The van der Waals surface area contributed by atoms with E-state index in [9.17, 15) is 19.8 Å². The first-order chi connectivity index (χ1) is 12.1. The molecule has 1 aromatic rings. The Morgan fingerprint density at radius 3 is 2.19 bits per heavy atom. The average molecular weight is 366 g/mol. The van der Waals surface area contributed by atoms with E-state index in [4.69, 9.17) is 10.5 Å². The van der Waals surface area contributed by atoms with E-state index in [0.717, 1.165) is 11.3 Å². The number of carboxylic acids is 1. The maximum atomic E-state index is 12.1. The van der Waals surface area contributed by atoms with Crippen molar-refractivity contribution in [3.63, 3.8) is 0 Å². The molecule has 1 aromatic carbocycles. The fourth-order valence-corrected chi connectivity index (χ4v) is 2.50. The quantitative estimate of drug-likeness (QED) is 0.495. The zero-order chi connectivity index (χ0) is 19.9. The number of hydrogen-bond donors (Lipinski definition) is 4. The van der Waals surface area contributed by atoms with Crippen molar-refractivity contribution in [3.8, 4) is 5.75 Å². The van der Waals surface area contributed by atoms with E-state index in [2.05, 4.69) is 5.32 Å². The number of carboxylic acid groups (broad SMARTS) is 1. The third-order valence-electron chi connectivity index (χ3n) is 3.76. The number of amides is 1. The number of rotatable bonds is 10. The van der Waals surface area contributed by atoms with E-state index in [0.29, 0.717) is 0 Å². The number of benzene rings is 1. The van der Waals surface area contributed by atoms with Crippen LogP contribution in [0.5, 0.6) is 5.75 Å². The van der Waals surface area contributed by atoms with Crippen LogP contribution in [0.25, 0.3) is 0 Å². The zero-order valence-corrected chi connectivity index (χ0v) is 15.8. The van der Waals surface area contributed by atoms with E-state index in [-0.39, 0.29) is 24.9 Å². The van der Waals surface area contributed by atoms with Gasteiger partial charge in [-0.05, 0) is 50.3 Å². The van der Waals surface area contributed by atoms with Crippen molar-refractivity contribution >= 4 is 11.9 Å². The van der Waals surface area contributed by atoms with Crippen LogP contribution >= 0.6 is 0 Å². The molecule has 26 heavy (non-hydrogen) atoms. The van der Waals surface area contributed by atoms with Gasteiger partial charge in [-0.25, -0.2) is 4.79 Å². The zero-order valence-electron chi connectivity index (χ0n) is 15.8. The summed E-state index contributed by atoms with van der Waals surface area (Å²) in [4.78, 5) is 23.3. The Morgan fingerprint density at radius 1 is 1.15 bits per heavy atom. The van der Waals surface area contributed by atoms with Crippen molar-refractivity contribution in [2.45, 2.75) is 64.8 Å². The van der Waals surface area contributed by atoms with Gasteiger partial charge in [-0.2, -0.15) is 0 Å². The molecule has 0 bridgehead atoms. The smallest absolute Gasteiger partial charge is 0.326 e. The summed E-state index contributed by atoms with van der Waals surface area (Å²) >= 11 is 0. The number of nitrogens with two attached hydrogens (primary N) is 1. The summed E-state index contributed by atoms with van der Waals surface area (Å²) in [6.07, 6.45) is -0.865. The van der Waals surface area contributed by atoms with Crippen LogP contribution in [-0.4, -0.2) is 46.4 Å². The predicted octanol–water partition coefficient (Wildman–Crippen LogP) is 1.32. The molecule has 146 valence electrons. The second-order valence-electron chi connectivity index (χ2n) is 7.15. The molecule has 0 aliphatic heterocycles. The molecule has 0 fully saturated rings. The van der Waals surface area contributed by atoms with Crippen molar-refractivity contribution < 1.29 is 24.5 Å². The van der Waals surface area contributed by atoms with Gasteiger partial charge in [-0.3, -0.25) is 4.79 Å². The fraction of sp³-hybridized carbons (Fsp3) is 0.579. The Labute approximate surface area is 154 Å². The molecule has 5 N–H and O–H groups in total. The lowest BCUT2D eigenvalue weighted by atomic mass is 10.00. The summed E-state index contributed by atoms with van der Waals surface area (Å²) in [5, 5.41) is 21.7. The van der Waals surface area contributed by atoms with Crippen LogP contribution in [0.15, 0.2) is 24.3 Å². The summed E-state index contributed by atoms with van der Waals surface area (Å²) in [6.45, 7) is 7.58. The Bertz CT molecular complexity index is 586. The van der Waals surface area contributed by atoms with E-state index in [1.807, 2.05) is 39.8 Å². The summed E-state index contributed by atoms with van der Waals surface area (Å²) in [5.41, 5.74) is 6.78. The normalized spacial score (nSPS) is 14.8. The van der Waals surface area contributed by atoms with Gasteiger partial charge < -0.3 is 26.0 Å². The number of hydrogen-bond acceptors (Lipinski definition) is 5. The average Bonchev–Trinajstić information content (AvgIpc) is 2.54. The minimum Gasteiger partial charge on any atom is -0.491 e. The van der Waals surface area contributed by atoms with Crippen LogP contribution in [0, 0.1) is 5.92 Å². The van der Waals surface area contributed by atoms with Gasteiger partial charge in [0, 0.05) is 6.04 Å². The molecule has 0 saturated carbocycles. The fourth-order valence-electron chi connectivity index (χ4n) is 2.50. The molecule has 0 heterocycles. The molecule has 0 saturated heterocycles. The lowest BCUT2D eigenvalue weighted by molar-refractivity contribution is -0.144. The first kappa shape index (κ1) is 21.9. The highest BCUT2D eigenvalue weighted by Gasteiger charge is 2.28. The van der Waals surface area contributed by atoms with E-state index in [1.54, 1.807) is 12.1 Å². The van der Waals surface area contributed by atoms with E-state index in [1.165, 1.54) is 0 Å². The minimum absolute atomic E-state index is 0.0710. The number of aliphatic carboxylic acids is 1. The van der Waals surface area contributed by atoms with Gasteiger partial charge in [0.1, 0.15) is 17.9 Å². The lowest BCUT2D eigenvalue weighted by Gasteiger charge is -2.22. The summed E-state index contributed by atoms with van der Waals surface area (Å²) in [5.74, 6) is -1.08. The number of carbonyl (C=O) groups is 2. The number of aliphatic hydroxyl groups excluding tert-OH is 1. The maximum Gasteiger partial charge on any atom is 0.326 e. The molecule has 1 rings (SSSR count). The van der Waals surface area contributed by atoms with Crippen molar-refractivity contribution in [1.29, 1.82) is 0 Å². The number of carbonyl (C=O) groups excluding carboxylic acids is 1. The molecule has 7 nitrogen and oxygen atoms in total. The number of aliphatic hydroxyl groups is 1. The maximum absolute atomic E-state index is 12.1. The van der Waals surface area contributed by atoms with Crippen LogP contribution in [0.1, 0.15) is 39.7 Å². The van der Waals surface area contributed by atoms with Crippen LogP contribution < -0.4 is 15.8 Å². The van der Waals surface area contributed by atoms with Crippen LogP contribution in [-0.2, 0) is 16.0 Å². The largest absolute Gasteiger partial charge is 0.491 e. The molecule has 0 aromatic heterocycles. The van der Waals surface area contributed by atoms with Crippen molar-refractivity contribution in [2.75, 3.05) is 0 Å². The molecular weight excluding hydrogens is 336 g/mol. The van der Waals surface area contributed by atoms with Crippen LogP contribution in [0.2, 0.25) is 0 Å². The molecule has 0 aliphatic carbocycles. The van der Waals surface area contributed by atoms with E-state index < -0.39 is 30.1 Å². The Hall–Kier alpha value is -2.12. The number of ether oxygens (including phenoxy) is 1. The molecule has 0 radical (unpaired) electrons. The monoisotopic (exact) mass is 366 g/mol. The predicted molar refractivity (Wildman–Crippen MR) is 98.9 cm³/mol. The third-order valence-corrected chi connectivity index (χ3v) is 3.76. The molecule has 0 spiro atoms. The Balaban J connectivity index is 2.63. The molecule has 2 unspecified atom stereocenters.